The number of piperazine rings is 1. The van der Waals surface area contributed by atoms with Gasteiger partial charge in [-0.15, -0.1) is 0 Å². The molecule has 0 bridgehead atoms. The van der Waals surface area contributed by atoms with Crippen LogP contribution in [0.3, 0.4) is 0 Å². The van der Waals surface area contributed by atoms with E-state index in [9.17, 15) is 18.0 Å². The average molecular weight is 394 g/mol. The van der Waals surface area contributed by atoms with E-state index in [-0.39, 0.29) is 23.7 Å². The molecule has 1 aromatic heterocycles. The number of hydrogen-bond donors (Lipinski definition) is 1. The minimum absolute atomic E-state index is 0.0565. The molecule has 0 radical (unpaired) electrons. The molecule has 1 saturated heterocycles. The van der Waals surface area contributed by atoms with Crippen LogP contribution >= 0.6 is 0 Å². The van der Waals surface area contributed by atoms with Crippen molar-refractivity contribution in [2.45, 2.75) is 12.7 Å². The number of ether oxygens (including phenoxy) is 1. The van der Waals surface area contributed by atoms with Crippen LogP contribution in [0.5, 0.6) is 5.75 Å². The maximum atomic E-state index is 13.5. The first-order chi connectivity index (χ1) is 13.3. The van der Waals surface area contributed by atoms with Crippen molar-refractivity contribution in [2.24, 2.45) is 0 Å². The smallest absolute Gasteiger partial charge is 0.410 e. The molecule has 2 heterocycles. The number of amides is 1. The number of halogens is 3. The Morgan fingerprint density at radius 3 is 2.50 bits per heavy atom. The molecule has 1 N–H and O–H groups in total. The molecule has 1 aliphatic rings. The summed E-state index contributed by atoms with van der Waals surface area (Å²) in [5, 5.41) is 2.30. The van der Waals surface area contributed by atoms with E-state index in [1.54, 1.807) is 30.3 Å². The molecule has 1 aliphatic heterocycles. The van der Waals surface area contributed by atoms with E-state index in [2.05, 4.69) is 15.2 Å². The van der Waals surface area contributed by atoms with E-state index in [1.165, 1.54) is 6.20 Å². The normalized spacial score (nSPS) is 16.0. The fourth-order valence-corrected chi connectivity index (χ4v) is 2.89. The third-order valence-electron chi connectivity index (χ3n) is 4.45. The summed E-state index contributed by atoms with van der Waals surface area (Å²) in [5.74, 6) is 0.288. The van der Waals surface area contributed by atoms with E-state index in [0.717, 1.165) is 19.2 Å². The van der Waals surface area contributed by atoms with Gasteiger partial charge in [-0.3, -0.25) is 15.2 Å². The van der Waals surface area contributed by atoms with Gasteiger partial charge in [-0.2, -0.15) is 13.2 Å². The number of carbonyl (C=O) groups excluding carboxylic acids is 1. The van der Waals surface area contributed by atoms with Crippen molar-refractivity contribution in [3.8, 4) is 5.75 Å². The Balaban J connectivity index is 1.72. The predicted molar refractivity (Wildman–Crippen MR) is 98.1 cm³/mol. The molecule has 3 rings (SSSR count). The standard InChI is InChI=1S/C19H21F3N4O2/c1-25-7-9-26(10-8-25)13-17-16(19(20,21)22)11-14(12-23-17)24-18(27)28-15-5-3-2-4-6-15/h2-6,11-12H,7-10,13H2,1H3,(H,24,27). The van der Waals surface area contributed by atoms with Gasteiger partial charge in [0.2, 0.25) is 0 Å². The lowest BCUT2D eigenvalue weighted by Crippen LogP contribution is -2.44. The van der Waals surface area contributed by atoms with Crippen molar-refractivity contribution in [2.75, 3.05) is 38.5 Å². The van der Waals surface area contributed by atoms with Gasteiger partial charge in [0.05, 0.1) is 23.1 Å². The van der Waals surface area contributed by atoms with Crippen molar-refractivity contribution < 1.29 is 22.7 Å². The number of hydrogen-bond acceptors (Lipinski definition) is 5. The van der Waals surface area contributed by atoms with Crippen LogP contribution in [0.15, 0.2) is 42.6 Å². The Labute approximate surface area is 160 Å². The third-order valence-corrected chi connectivity index (χ3v) is 4.45. The van der Waals surface area contributed by atoms with E-state index >= 15 is 0 Å². The third kappa shape index (κ3) is 5.43. The molecule has 0 atom stereocenters. The molecule has 150 valence electrons. The molecule has 2 aromatic rings. The van der Waals surface area contributed by atoms with Crippen molar-refractivity contribution in [3.05, 3.63) is 53.9 Å². The maximum absolute atomic E-state index is 13.5. The first kappa shape index (κ1) is 20.1. The van der Waals surface area contributed by atoms with Gasteiger partial charge in [0.1, 0.15) is 5.75 Å². The number of aromatic nitrogens is 1. The molecular formula is C19H21F3N4O2. The Kier molecular flexibility index (Phi) is 6.15. The van der Waals surface area contributed by atoms with Crippen LogP contribution in [0, 0.1) is 0 Å². The summed E-state index contributed by atoms with van der Waals surface area (Å²) in [6.45, 7) is 3.06. The molecule has 1 amide bonds. The summed E-state index contributed by atoms with van der Waals surface area (Å²) in [6.07, 6.45) is -4.24. The van der Waals surface area contributed by atoms with Crippen LogP contribution in [-0.4, -0.2) is 54.1 Å². The average Bonchev–Trinajstić information content (AvgIpc) is 2.65. The molecule has 0 unspecified atom stereocenters. The molecule has 9 heteroatoms. The number of anilines is 1. The lowest BCUT2D eigenvalue weighted by molar-refractivity contribution is -0.138. The Morgan fingerprint density at radius 1 is 1.18 bits per heavy atom. The second-order valence-electron chi connectivity index (χ2n) is 6.62. The molecule has 0 spiro atoms. The Morgan fingerprint density at radius 2 is 1.86 bits per heavy atom. The number of alkyl halides is 3. The predicted octanol–water partition coefficient (Wildman–Crippen LogP) is 3.46. The largest absolute Gasteiger partial charge is 0.418 e. The maximum Gasteiger partial charge on any atom is 0.418 e. The number of likely N-dealkylation sites (N-methyl/N-ethyl adjacent to an activating group) is 1. The van der Waals surface area contributed by atoms with Crippen molar-refractivity contribution in [3.63, 3.8) is 0 Å². The van der Waals surface area contributed by atoms with Gasteiger partial charge in [0.15, 0.2) is 0 Å². The monoisotopic (exact) mass is 394 g/mol. The zero-order valence-corrected chi connectivity index (χ0v) is 15.4. The molecule has 0 saturated carbocycles. The van der Waals surface area contributed by atoms with Crippen LogP contribution in [0.4, 0.5) is 23.7 Å². The number of carbonyl (C=O) groups is 1. The highest BCUT2D eigenvalue weighted by atomic mass is 19.4. The quantitative estimate of drug-likeness (QED) is 0.861. The lowest BCUT2D eigenvalue weighted by atomic mass is 10.1. The van der Waals surface area contributed by atoms with Crippen LogP contribution in [0.25, 0.3) is 0 Å². The fourth-order valence-electron chi connectivity index (χ4n) is 2.89. The van der Waals surface area contributed by atoms with Gasteiger partial charge >= 0.3 is 12.3 Å². The topological polar surface area (TPSA) is 57.7 Å². The van der Waals surface area contributed by atoms with Crippen LogP contribution in [0.2, 0.25) is 0 Å². The summed E-state index contributed by atoms with van der Waals surface area (Å²) >= 11 is 0. The number of nitrogens with one attached hydrogen (secondary N) is 1. The SMILES string of the molecule is CN1CCN(Cc2ncc(NC(=O)Oc3ccccc3)cc2C(F)(F)F)CC1. The minimum atomic E-state index is -4.57. The first-order valence-electron chi connectivity index (χ1n) is 8.82. The molecule has 28 heavy (non-hydrogen) atoms. The van der Waals surface area contributed by atoms with Gasteiger partial charge in [-0.1, -0.05) is 18.2 Å². The number of para-hydroxylation sites is 1. The summed E-state index contributed by atoms with van der Waals surface area (Å²) in [7, 11) is 1.98. The van der Waals surface area contributed by atoms with Gasteiger partial charge in [0.25, 0.3) is 0 Å². The Bertz CT molecular complexity index is 807. The fraction of sp³-hybridized carbons (Fsp3) is 0.368. The first-order valence-corrected chi connectivity index (χ1v) is 8.82. The summed E-state index contributed by atoms with van der Waals surface area (Å²) < 4.78 is 45.6. The number of rotatable bonds is 4. The van der Waals surface area contributed by atoms with E-state index in [4.69, 9.17) is 4.74 Å². The highest BCUT2D eigenvalue weighted by molar-refractivity contribution is 5.86. The van der Waals surface area contributed by atoms with Gasteiger partial charge in [0, 0.05) is 32.7 Å². The second-order valence-corrected chi connectivity index (χ2v) is 6.62. The molecule has 1 fully saturated rings. The highest BCUT2D eigenvalue weighted by Gasteiger charge is 2.35. The summed E-state index contributed by atoms with van der Waals surface area (Å²) in [5.41, 5.74) is -0.988. The van der Waals surface area contributed by atoms with Crippen molar-refractivity contribution in [1.29, 1.82) is 0 Å². The van der Waals surface area contributed by atoms with E-state index in [0.29, 0.717) is 13.1 Å². The summed E-state index contributed by atoms with van der Waals surface area (Å²) in [4.78, 5) is 20.0. The number of pyridine rings is 1. The minimum Gasteiger partial charge on any atom is -0.410 e. The van der Waals surface area contributed by atoms with E-state index in [1.807, 2.05) is 11.9 Å². The van der Waals surface area contributed by atoms with Crippen molar-refractivity contribution >= 4 is 11.8 Å². The molecular weight excluding hydrogens is 373 g/mol. The van der Waals surface area contributed by atoms with Crippen LogP contribution in [-0.2, 0) is 12.7 Å². The molecule has 6 nitrogen and oxygen atoms in total. The molecule has 1 aromatic carbocycles. The number of nitrogens with zero attached hydrogens (tertiary/aromatic N) is 3. The number of benzene rings is 1. The zero-order chi connectivity index (χ0) is 20.1. The molecule has 0 aliphatic carbocycles. The van der Waals surface area contributed by atoms with Gasteiger partial charge in [-0.25, -0.2) is 4.79 Å². The second kappa shape index (κ2) is 8.57. The Hall–Kier alpha value is -2.65. The highest BCUT2D eigenvalue weighted by Crippen LogP contribution is 2.33. The van der Waals surface area contributed by atoms with E-state index < -0.39 is 17.8 Å². The van der Waals surface area contributed by atoms with Crippen molar-refractivity contribution in [1.82, 2.24) is 14.8 Å². The van der Waals surface area contributed by atoms with Gasteiger partial charge < -0.3 is 9.64 Å². The summed E-state index contributed by atoms with van der Waals surface area (Å²) in [6, 6.07) is 9.14. The van der Waals surface area contributed by atoms with Crippen LogP contribution < -0.4 is 10.1 Å². The zero-order valence-electron chi connectivity index (χ0n) is 15.4. The lowest BCUT2D eigenvalue weighted by Gasteiger charge is -2.32. The van der Waals surface area contributed by atoms with Crippen LogP contribution in [0.1, 0.15) is 11.3 Å². The van der Waals surface area contributed by atoms with Gasteiger partial charge in [-0.05, 0) is 25.2 Å².